The molecule has 0 bridgehead atoms. The van der Waals surface area contributed by atoms with Gasteiger partial charge in [0.2, 0.25) is 5.91 Å². The average Bonchev–Trinajstić information content (AvgIpc) is 3.25. The number of likely N-dealkylation sites (tertiary alicyclic amines) is 1. The van der Waals surface area contributed by atoms with Crippen LogP contribution in [0, 0.1) is 5.92 Å². The molecule has 3 rings (SSSR count). The second kappa shape index (κ2) is 7.94. The van der Waals surface area contributed by atoms with E-state index in [0.29, 0.717) is 41.0 Å². The summed E-state index contributed by atoms with van der Waals surface area (Å²) < 4.78 is 0. The van der Waals surface area contributed by atoms with E-state index in [2.05, 4.69) is 5.32 Å². The molecule has 0 aromatic heterocycles. The van der Waals surface area contributed by atoms with Gasteiger partial charge in [-0.15, -0.1) is 0 Å². The van der Waals surface area contributed by atoms with Gasteiger partial charge in [-0.1, -0.05) is 29.6 Å². The molecule has 3 N–H and O–H groups in total. The second-order valence-corrected chi connectivity index (χ2v) is 7.67. The molecule has 5 nitrogen and oxygen atoms in total. The van der Waals surface area contributed by atoms with Gasteiger partial charge in [0.05, 0.1) is 10.6 Å². The first-order chi connectivity index (χ1) is 12.0. The fourth-order valence-electron chi connectivity index (χ4n) is 3.89. The smallest absolute Gasteiger partial charge is 0.256 e. The Labute approximate surface area is 157 Å². The molecule has 0 radical (unpaired) electrons. The number of rotatable bonds is 4. The van der Waals surface area contributed by atoms with Crippen molar-refractivity contribution in [1.29, 1.82) is 0 Å². The van der Waals surface area contributed by atoms with E-state index in [4.69, 9.17) is 28.9 Å². The summed E-state index contributed by atoms with van der Waals surface area (Å²) in [5, 5.41) is 3.91. The lowest BCUT2D eigenvalue weighted by molar-refractivity contribution is -0.125. The molecule has 2 fully saturated rings. The highest BCUT2D eigenvalue weighted by molar-refractivity contribution is 6.35. The zero-order valence-corrected chi connectivity index (χ0v) is 15.5. The Morgan fingerprint density at radius 2 is 2.00 bits per heavy atom. The molecule has 1 aromatic rings. The first-order valence-electron chi connectivity index (χ1n) is 8.77. The van der Waals surface area contributed by atoms with Crippen LogP contribution in [-0.4, -0.2) is 41.9 Å². The first kappa shape index (κ1) is 18.5. The Morgan fingerprint density at radius 1 is 1.20 bits per heavy atom. The fourth-order valence-corrected chi connectivity index (χ4v) is 4.26. The zero-order chi connectivity index (χ0) is 18.0. The zero-order valence-electron chi connectivity index (χ0n) is 14.0. The molecule has 2 amide bonds. The lowest BCUT2D eigenvalue weighted by Gasteiger charge is -2.27. The van der Waals surface area contributed by atoms with Gasteiger partial charge >= 0.3 is 0 Å². The van der Waals surface area contributed by atoms with E-state index in [1.54, 1.807) is 23.1 Å². The largest absolute Gasteiger partial charge is 0.351 e. The van der Waals surface area contributed by atoms with Crippen LogP contribution in [0.2, 0.25) is 10.0 Å². The van der Waals surface area contributed by atoms with Crippen molar-refractivity contribution >= 4 is 35.0 Å². The van der Waals surface area contributed by atoms with Gasteiger partial charge in [-0.2, -0.15) is 0 Å². The van der Waals surface area contributed by atoms with E-state index in [9.17, 15) is 9.59 Å². The minimum absolute atomic E-state index is 0.0886. The van der Waals surface area contributed by atoms with Gasteiger partial charge < -0.3 is 16.0 Å². The van der Waals surface area contributed by atoms with Gasteiger partial charge in [0, 0.05) is 17.6 Å². The number of nitrogens with one attached hydrogen (secondary N) is 1. The number of carbonyl (C=O) groups is 2. The highest BCUT2D eigenvalue weighted by Gasteiger charge is 2.37. The van der Waals surface area contributed by atoms with Crippen LogP contribution in [0.1, 0.15) is 42.5 Å². The maximum absolute atomic E-state index is 12.9. The van der Waals surface area contributed by atoms with Crippen LogP contribution in [0.15, 0.2) is 18.2 Å². The van der Waals surface area contributed by atoms with Gasteiger partial charge in [-0.25, -0.2) is 0 Å². The van der Waals surface area contributed by atoms with E-state index in [-0.39, 0.29) is 17.9 Å². The van der Waals surface area contributed by atoms with Crippen molar-refractivity contribution in [3.63, 3.8) is 0 Å². The Bertz CT molecular complexity index is 668. The van der Waals surface area contributed by atoms with Crippen LogP contribution in [0.5, 0.6) is 0 Å². The van der Waals surface area contributed by atoms with E-state index in [1.807, 2.05) is 0 Å². The standard InChI is InChI=1S/C18H23Cl2N3O2/c19-12-6-7-14(20)13(9-12)18(25)23-8-2-5-16(23)17(24)22-15-4-1-3-11(15)10-21/h6-7,9,11,15-16H,1-5,8,10,21H2,(H,22,24). The number of benzene rings is 1. The highest BCUT2D eigenvalue weighted by Crippen LogP contribution is 2.28. The molecule has 1 saturated carbocycles. The monoisotopic (exact) mass is 383 g/mol. The molecule has 1 heterocycles. The maximum atomic E-state index is 12.9. The summed E-state index contributed by atoms with van der Waals surface area (Å²) in [7, 11) is 0. The van der Waals surface area contributed by atoms with E-state index in [0.717, 1.165) is 25.7 Å². The van der Waals surface area contributed by atoms with E-state index < -0.39 is 6.04 Å². The molecule has 0 spiro atoms. The molecular weight excluding hydrogens is 361 g/mol. The Balaban J connectivity index is 1.72. The summed E-state index contributed by atoms with van der Waals surface area (Å²) in [6.45, 7) is 1.13. The van der Waals surface area contributed by atoms with E-state index in [1.165, 1.54) is 0 Å². The first-order valence-corrected chi connectivity index (χ1v) is 9.53. The van der Waals surface area contributed by atoms with Gasteiger partial charge in [-0.05, 0) is 56.3 Å². The highest BCUT2D eigenvalue weighted by atomic mass is 35.5. The van der Waals surface area contributed by atoms with E-state index >= 15 is 0 Å². The summed E-state index contributed by atoms with van der Waals surface area (Å²) in [6, 6.07) is 4.46. The third-order valence-electron chi connectivity index (χ3n) is 5.26. The lowest BCUT2D eigenvalue weighted by atomic mass is 10.0. The van der Waals surface area contributed by atoms with Crippen molar-refractivity contribution in [2.24, 2.45) is 11.7 Å². The SMILES string of the molecule is NCC1CCCC1NC(=O)C1CCCN1C(=O)c1cc(Cl)ccc1Cl. The predicted octanol–water partition coefficient (Wildman–Crippen LogP) is 2.84. The topological polar surface area (TPSA) is 75.4 Å². The quantitative estimate of drug-likeness (QED) is 0.838. The summed E-state index contributed by atoms with van der Waals surface area (Å²) in [6.07, 6.45) is 4.54. The molecule has 1 saturated heterocycles. The molecule has 3 atom stereocenters. The normalized spacial score (nSPS) is 26.0. The van der Waals surface area contributed by atoms with Gasteiger partial charge in [0.25, 0.3) is 5.91 Å². The summed E-state index contributed by atoms with van der Waals surface area (Å²) in [5.74, 6) is -0.00169. The number of carbonyl (C=O) groups excluding carboxylic acids is 2. The second-order valence-electron chi connectivity index (χ2n) is 6.82. The number of nitrogens with zero attached hydrogens (tertiary/aromatic N) is 1. The van der Waals surface area contributed by atoms with Gasteiger partial charge in [-0.3, -0.25) is 9.59 Å². The Morgan fingerprint density at radius 3 is 2.76 bits per heavy atom. The summed E-state index contributed by atoms with van der Waals surface area (Å²) >= 11 is 12.1. The molecule has 7 heteroatoms. The van der Waals surface area contributed by atoms with Crippen LogP contribution < -0.4 is 11.1 Å². The van der Waals surface area contributed by atoms with Crippen molar-refractivity contribution in [3.05, 3.63) is 33.8 Å². The summed E-state index contributed by atoms with van der Waals surface area (Å²) in [5.41, 5.74) is 6.13. The fraction of sp³-hybridized carbons (Fsp3) is 0.556. The van der Waals surface area contributed by atoms with Gasteiger partial charge in [0.1, 0.15) is 6.04 Å². The number of amides is 2. The maximum Gasteiger partial charge on any atom is 0.256 e. The molecule has 136 valence electrons. The van der Waals surface area contributed by atoms with Crippen molar-refractivity contribution in [2.45, 2.75) is 44.2 Å². The molecular formula is C18H23Cl2N3O2. The molecule has 2 aliphatic rings. The average molecular weight is 384 g/mol. The van der Waals surface area contributed by atoms with Crippen LogP contribution in [0.25, 0.3) is 0 Å². The third-order valence-corrected chi connectivity index (χ3v) is 5.83. The molecule has 1 aliphatic heterocycles. The van der Waals surface area contributed by atoms with Crippen molar-refractivity contribution in [2.75, 3.05) is 13.1 Å². The third kappa shape index (κ3) is 3.94. The van der Waals surface area contributed by atoms with Crippen LogP contribution in [-0.2, 0) is 4.79 Å². The molecule has 1 aromatic carbocycles. The van der Waals surface area contributed by atoms with Crippen molar-refractivity contribution in [3.8, 4) is 0 Å². The lowest BCUT2D eigenvalue weighted by Crippen LogP contribution is -2.50. The van der Waals surface area contributed by atoms with Crippen LogP contribution in [0.3, 0.4) is 0 Å². The number of nitrogens with two attached hydrogens (primary N) is 1. The van der Waals surface area contributed by atoms with Crippen molar-refractivity contribution in [1.82, 2.24) is 10.2 Å². The Kier molecular flexibility index (Phi) is 5.87. The Hall–Kier alpha value is -1.30. The van der Waals surface area contributed by atoms with Crippen LogP contribution >= 0.6 is 23.2 Å². The molecule has 1 aliphatic carbocycles. The number of hydrogen-bond acceptors (Lipinski definition) is 3. The number of hydrogen-bond donors (Lipinski definition) is 2. The predicted molar refractivity (Wildman–Crippen MR) is 98.8 cm³/mol. The molecule has 25 heavy (non-hydrogen) atoms. The van der Waals surface area contributed by atoms with Gasteiger partial charge in [0.15, 0.2) is 0 Å². The van der Waals surface area contributed by atoms with Crippen molar-refractivity contribution < 1.29 is 9.59 Å². The number of halogens is 2. The van der Waals surface area contributed by atoms with Crippen LogP contribution in [0.4, 0.5) is 0 Å². The molecule has 3 unspecified atom stereocenters. The minimum atomic E-state index is -0.457. The summed E-state index contributed by atoms with van der Waals surface area (Å²) in [4.78, 5) is 27.2. The minimum Gasteiger partial charge on any atom is -0.351 e.